The lowest BCUT2D eigenvalue weighted by molar-refractivity contribution is 0.0857. The Labute approximate surface area is 137 Å². The SMILES string of the molecule is CCCCNS(=O)(=O)c1cccc(C(=O)NCC2CCCO2)c1. The molecule has 1 unspecified atom stereocenters. The molecule has 2 N–H and O–H groups in total. The van der Waals surface area contributed by atoms with Gasteiger partial charge in [0.1, 0.15) is 0 Å². The van der Waals surface area contributed by atoms with Gasteiger partial charge in [0, 0.05) is 25.3 Å². The average Bonchev–Trinajstić information content (AvgIpc) is 3.06. The normalized spacial score (nSPS) is 18.0. The smallest absolute Gasteiger partial charge is 0.251 e. The number of carbonyl (C=O) groups is 1. The van der Waals surface area contributed by atoms with Crippen molar-refractivity contribution in [1.82, 2.24) is 10.0 Å². The van der Waals surface area contributed by atoms with Crippen molar-refractivity contribution in [1.29, 1.82) is 0 Å². The largest absolute Gasteiger partial charge is 0.376 e. The van der Waals surface area contributed by atoms with Crippen molar-refractivity contribution in [3.63, 3.8) is 0 Å². The molecule has 1 aromatic rings. The second-order valence-corrected chi connectivity index (χ2v) is 7.39. The van der Waals surface area contributed by atoms with Crippen LogP contribution in [0, 0.1) is 0 Å². The maximum atomic E-state index is 12.2. The summed E-state index contributed by atoms with van der Waals surface area (Å²) in [6.07, 6.45) is 3.70. The second-order valence-electron chi connectivity index (χ2n) is 5.62. The minimum atomic E-state index is -3.57. The molecule has 0 aromatic heterocycles. The van der Waals surface area contributed by atoms with E-state index in [9.17, 15) is 13.2 Å². The van der Waals surface area contributed by atoms with Gasteiger partial charge in [0.25, 0.3) is 5.91 Å². The van der Waals surface area contributed by atoms with Gasteiger partial charge in [0.2, 0.25) is 10.0 Å². The first-order valence-corrected chi connectivity index (χ1v) is 9.51. The first-order valence-electron chi connectivity index (χ1n) is 8.02. The molecular weight excluding hydrogens is 316 g/mol. The summed E-state index contributed by atoms with van der Waals surface area (Å²) in [5.74, 6) is -0.286. The second kappa shape index (κ2) is 8.42. The highest BCUT2D eigenvalue weighted by atomic mass is 32.2. The minimum absolute atomic E-state index is 0.0570. The van der Waals surface area contributed by atoms with E-state index in [1.807, 2.05) is 6.92 Å². The van der Waals surface area contributed by atoms with Gasteiger partial charge in [-0.05, 0) is 37.5 Å². The van der Waals surface area contributed by atoms with E-state index < -0.39 is 10.0 Å². The number of unbranched alkanes of at least 4 members (excludes halogenated alkanes) is 1. The molecule has 0 aliphatic carbocycles. The van der Waals surface area contributed by atoms with E-state index in [0.29, 0.717) is 18.7 Å². The summed E-state index contributed by atoms with van der Waals surface area (Å²) >= 11 is 0. The highest BCUT2D eigenvalue weighted by molar-refractivity contribution is 7.89. The molecule has 0 spiro atoms. The van der Waals surface area contributed by atoms with E-state index in [1.54, 1.807) is 12.1 Å². The molecule has 1 amide bonds. The van der Waals surface area contributed by atoms with Crippen LogP contribution >= 0.6 is 0 Å². The number of benzene rings is 1. The third-order valence-corrected chi connectivity index (χ3v) is 5.20. The van der Waals surface area contributed by atoms with Crippen molar-refractivity contribution in [3.8, 4) is 0 Å². The molecule has 0 radical (unpaired) electrons. The molecule has 1 fully saturated rings. The van der Waals surface area contributed by atoms with Crippen LogP contribution in [0.15, 0.2) is 29.2 Å². The van der Waals surface area contributed by atoms with Crippen molar-refractivity contribution in [3.05, 3.63) is 29.8 Å². The predicted octanol–water partition coefficient (Wildman–Crippen LogP) is 1.67. The number of sulfonamides is 1. The highest BCUT2D eigenvalue weighted by Gasteiger charge is 2.18. The van der Waals surface area contributed by atoms with Gasteiger partial charge in [-0.1, -0.05) is 19.4 Å². The number of rotatable bonds is 8. The van der Waals surface area contributed by atoms with E-state index >= 15 is 0 Å². The molecule has 1 aliphatic heterocycles. The number of hydrogen-bond donors (Lipinski definition) is 2. The summed E-state index contributed by atoms with van der Waals surface area (Å²) < 4.78 is 32.4. The molecule has 7 heteroatoms. The third kappa shape index (κ3) is 5.30. The molecule has 1 saturated heterocycles. The van der Waals surface area contributed by atoms with Crippen molar-refractivity contribution in [2.75, 3.05) is 19.7 Å². The zero-order valence-corrected chi connectivity index (χ0v) is 14.2. The molecular formula is C16H24N2O4S. The Balaban J connectivity index is 1.99. The summed E-state index contributed by atoms with van der Waals surface area (Å²) in [5.41, 5.74) is 0.335. The standard InChI is InChI=1S/C16H24N2O4S/c1-2-3-9-18-23(20,21)15-8-4-6-13(11-15)16(19)17-12-14-7-5-10-22-14/h4,6,8,11,14,18H,2-3,5,7,9-10,12H2,1H3,(H,17,19). The summed E-state index contributed by atoms with van der Waals surface area (Å²) in [6.45, 7) is 3.57. The Kier molecular flexibility index (Phi) is 6.56. The Morgan fingerprint density at radius 3 is 2.91 bits per heavy atom. The van der Waals surface area contributed by atoms with Crippen LogP contribution in [0.2, 0.25) is 0 Å². The van der Waals surface area contributed by atoms with Crippen LogP contribution in [0.3, 0.4) is 0 Å². The van der Waals surface area contributed by atoms with Crippen LogP contribution < -0.4 is 10.0 Å². The van der Waals surface area contributed by atoms with Crippen molar-refractivity contribution in [2.24, 2.45) is 0 Å². The molecule has 0 saturated carbocycles. The highest BCUT2D eigenvalue weighted by Crippen LogP contribution is 2.13. The first-order chi connectivity index (χ1) is 11.0. The lowest BCUT2D eigenvalue weighted by Gasteiger charge is -2.11. The van der Waals surface area contributed by atoms with E-state index in [-0.39, 0.29) is 16.9 Å². The Morgan fingerprint density at radius 1 is 1.39 bits per heavy atom. The molecule has 1 aliphatic rings. The van der Waals surface area contributed by atoms with Gasteiger partial charge in [-0.15, -0.1) is 0 Å². The number of ether oxygens (including phenoxy) is 1. The summed E-state index contributed by atoms with van der Waals surface area (Å²) in [5, 5.41) is 2.79. The van der Waals surface area contributed by atoms with Crippen LogP contribution in [-0.2, 0) is 14.8 Å². The predicted molar refractivity (Wildman–Crippen MR) is 87.8 cm³/mol. The molecule has 23 heavy (non-hydrogen) atoms. The Hall–Kier alpha value is -1.44. The molecule has 2 rings (SSSR count). The van der Waals surface area contributed by atoms with Crippen LogP contribution in [0.4, 0.5) is 0 Å². The van der Waals surface area contributed by atoms with Gasteiger partial charge in [0.15, 0.2) is 0 Å². The van der Waals surface area contributed by atoms with Gasteiger partial charge in [-0.2, -0.15) is 0 Å². The summed E-state index contributed by atoms with van der Waals surface area (Å²) in [4.78, 5) is 12.3. The minimum Gasteiger partial charge on any atom is -0.376 e. The fourth-order valence-electron chi connectivity index (χ4n) is 2.39. The lowest BCUT2D eigenvalue weighted by atomic mass is 10.2. The molecule has 0 bridgehead atoms. The van der Waals surface area contributed by atoms with Gasteiger partial charge in [-0.25, -0.2) is 13.1 Å². The maximum Gasteiger partial charge on any atom is 0.251 e. The molecule has 1 atom stereocenters. The Bertz CT molecular complexity index is 625. The van der Waals surface area contributed by atoms with Gasteiger partial charge < -0.3 is 10.1 Å². The zero-order chi connectivity index (χ0) is 16.7. The molecule has 6 nitrogen and oxygen atoms in total. The first kappa shape index (κ1) is 17.9. The van der Waals surface area contributed by atoms with E-state index in [1.165, 1.54) is 12.1 Å². The van der Waals surface area contributed by atoms with Crippen molar-refractivity contribution < 1.29 is 17.9 Å². The summed E-state index contributed by atoms with van der Waals surface area (Å²) in [7, 11) is -3.57. The lowest BCUT2D eigenvalue weighted by Crippen LogP contribution is -2.32. The van der Waals surface area contributed by atoms with E-state index in [2.05, 4.69) is 10.0 Å². The van der Waals surface area contributed by atoms with Crippen LogP contribution in [0.25, 0.3) is 0 Å². The number of amides is 1. The quantitative estimate of drug-likeness (QED) is 0.705. The number of carbonyl (C=O) groups excluding carboxylic acids is 1. The topological polar surface area (TPSA) is 84.5 Å². The van der Waals surface area contributed by atoms with Gasteiger partial charge >= 0.3 is 0 Å². The monoisotopic (exact) mass is 340 g/mol. The van der Waals surface area contributed by atoms with Gasteiger partial charge in [0.05, 0.1) is 11.0 Å². The Morgan fingerprint density at radius 2 is 2.22 bits per heavy atom. The number of hydrogen-bond acceptors (Lipinski definition) is 4. The van der Waals surface area contributed by atoms with E-state index in [4.69, 9.17) is 4.74 Å². The van der Waals surface area contributed by atoms with Crippen molar-refractivity contribution in [2.45, 2.75) is 43.6 Å². The molecule has 1 heterocycles. The fraction of sp³-hybridized carbons (Fsp3) is 0.562. The summed E-state index contributed by atoms with van der Waals surface area (Å²) in [6, 6.07) is 6.08. The third-order valence-electron chi connectivity index (χ3n) is 3.74. The van der Waals surface area contributed by atoms with Crippen LogP contribution in [0.5, 0.6) is 0 Å². The maximum absolute atomic E-state index is 12.2. The number of nitrogens with one attached hydrogen (secondary N) is 2. The molecule has 128 valence electrons. The van der Waals surface area contributed by atoms with Crippen LogP contribution in [-0.4, -0.2) is 40.1 Å². The zero-order valence-electron chi connectivity index (χ0n) is 13.4. The fourth-order valence-corrected chi connectivity index (χ4v) is 3.50. The average molecular weight is 340 g/mol. The van der Waals surface area contributed by atoms with Crippen molar-refractivity contribution >= 4 is 15.9 Å². The van der Waals surface area contributed by atoms with Crippen LogP contribution in [0.1, 0.15) is 43.0 Å². The van der Waals surface area contributed by atoms with E-state index in [0.717, 1.165) is 32.3 Å². The molecule has 1 aromatic carbocycles. The van der Waals surface area contributed by atoms with Gasteiger partial charge in [-0.3, -0.25) is 4.79 Å².